The summed E-state index contributed by atoms with van der Waals surface area (Å²) in [6.07, 6.45) is 2.92. The minimum Gasteiger partial charge on any atom is -0.457 e. The second-order valence-corrected chi connectivity index (χ2v) is 6.97. The zero-order valence-electron chi connectivity index (χ0n) is 15.8. The van der Waals surface area contributed by atoms with Gasteiger partial charge in [0, 0.05) is 31.2 Å². The summed E-state index contributed by atoms with van der Waals surface area (Å²) >= 11 is 0. The van der Waals surface area contributed by atoms with Crippen LogP contribution in [0.4, 0.5) is 10.5 Å². The van der Waals surface area contributed by atoms with E-state index in [9.17, 15) is 4.79 Å². The van der Waals surface area contributed by atoms with Crippen LogP contribution >= 0.6 is 0 Å². The molecule has 0 aliphatic rings. The minimum absolute atomic E-state index is 0.494. The maximum absolute atomic E-state index is 11.8. The molecule has 1 amide bonds. The number of nitrogens with zero attached hydrogens (tertiary/aromatic N) is 3. The molecule has 0 radical (unpaired) electrons. The van der Waals surface area contributed by atoms with Crippen molar-refractivity contribution in [2.24, 2.45) is 7.05 Å². The van der Waals surface area contributed by atoms with Crippen LogP contribution in [-0.4, -0.2) is 26.5 Å². The van der Waals surface area contributed by atoms with Gasteiger partial charge in [0.2, 0.25) is 0 Å². The molecule has 3 rings (SSSR count). The van der Waals surface area contributed by atoms with Crippen LogP contribution in [0.1, 0.15) is 20.8 Å². The van der Waals surface area contributed by atoms with E-state index >= 15 is 0 Å². The lowest BCUT2D eigenvalue weighted by atomic mass is 10.2. The first-order valence-electron chi connectivity index (χ1n) is 8.52. The molecule has 0 saturated heterocycles. The molecule has 1 N–H and O–H groups in total. The van der Waals surface area contributed by atoms with E-state index in [1.807, 2.05) is 40.0 Å². The number of aryl methyl sites for hydroxylation is 1. The van der Waals surface area contributed by atoms with E-state index in [4.69, 9.17) is 9.47 Å². The van der Waals surface area contributed by atoms with Crippen molar-refractivity contribution in [2.75, 3.05) is 5.32 Å². The SMILES string of the molecule is Cn1nccc1-c1cc(Oc2ccc(NC(=O)OC(C)(C)C)cc2)ccn1. The van der Waals surface area contributed by atoms with Crippen LogP contribution in [0.3, 0.4) is 0 Å². The Kier molecular flexibility index (Phi) is 5.12. The molecule has 0 atom stereocenters. The third-order valence-corrected chi connectivity index (χ3v) is 3.55. The van der Waals surface area contributed by atoms with Gasteiger partial charge >= 0.3 is 6.09 Å². The third-order valence-electron chi connectivity index (χ3n) is 3.55. The fraction of sp³-hybridized carbons (Fsp3) is 0.250. The molecular weight excluding hydrogens is 344 g/mol. The molecule has 2 aromatic heterocycles. The number of benzene rings is 1. The van der Waals surface area contributed by atoms with E-state index in [0.29, 0.717) is 17.2 Å². The summed E-state index contributed by atoms with van der Waals surface area (Å²) in [5.41, 5.74) is 1.76. The van der Waals surface area contributed by atoms with Crippen molar-refractivity contribution >= 4 is 11.8 Å². The van der Waals surface area contributed by atoms with Gasteiger partial charge in [0.05, 0.1) is 11.4 Å². The molecule has 7 nitrogen and oxygen atoms in total. The van der Waals surface area contributed by atoms with Gasteiger partial charge in [-0.05, 0) is 57.2 Å². The van der Waals surface area contributed by atoms with Gasteiger partial charge in [0.25, 0.3) is 0 Å². The molecule has 0 unspecified atom stereocenters. The predicted octanol–water partition coefficient (Wildman–Crippen LogP) is 4.62. The molecule has 0 spiro atoms. The lowest BCUT2D eigenvalue weighted by Gasteiger charge is -2.19. The Morgan fingerprint density at radius 1 is 1.04 bits per heavy atom. The molecular formula is C20H22N4O3. The first kappa shape index (κ1) is 18.4. The van der Waals surface area contributed by atoms with Crippen molar-refractivity contribution in [1.82, 2.24) is 14.8 Å². The Bertz CT molecular complexity index is 927. The number of carbonyl (C=O) groups is 1. The smallest absolute Gasteiger partial charge is 0.412 e. The topological polar surface area (TPSA) is 78.3 Å². The summed E-state index contributed by atoms with van der Waals surface area (Å²) < 4.78 is 12.9. The zero-order valence-corrected chi connectivity index (χ0v) is 15.8. The number of hydrogen-bond acceptors (Lipinski definition) is 5. The first-order valence-corrected chi connectivity index (χ1v) is 8.52. The maximum atomic E-state index is 11.8. The van der Waals surface area contributed by atoms with Crippen molar-refractivity contribution in [2.45, 2.75) is 26.4 Å². The molecule has 0 aliphatic carbocycles. The quantitative estimate of drug-likeness (QED) is 0.729. The highest BCUT2D eigenvalue weighted by Crippen LogP contribution is 2.26. The van der Waals surface area contributed by atoms with E-state index in [2.05, 4.69) is 15.4 Å². The lowest BCUT2D eigenvalue weighted by Crippen LogP contribution is -2.27. The second kappa shape index (κ2) is 7.49. The molecule has 1 aromatic carbocycles. The van der Waals surface area contributed by atoms with Crippen molar-refractivity contribution in [1.29, 1.82) is 0 Å². The number of nitrogens with one attached hydrogen (secondary N) is 1. The number of anilines is 1. The molecule has 3 aromatic rings. The van der Waals surface area contributed by atoms with Gasteiger partial charge in [-0.2, -0.15) is 5.10 Å². The Balaban J connectivity index is 1.67. The van der Waals surface area contributed by atoms with E-state index in [1.54, 1.807) is 47.4 Å². The fourth-order valence-electron chi connectivity index (χ4n) is 2.40. The number of pyridine rings is 1. The number of rotatable bonds is 4. The average Bonchev–Trinajstić information content (AvgIpc) is 3.01. The Morgan fingerprint density at radius 3 is 2.41 bits per heavy atom. The molecule has 0 fully saturated rings. The van der Waals surface area contributed by atoms with E-state index < -0.39 is 11.7 Å². The normalized spacial score (nSPS) is 11.1. The minimum atomic E-state index is -0.542. The molecule has 0 bridgehead atoms. The second-order valence-electron chi connectivity index (χ2n) is 6.97. The molecule has 0 saturated carbocycles. The molecule has 7 heteroatoms. The standard InChI is InChI=1S/C20H22N4O3/c1-20(2,3)27-19(25)23-14-5-7-15(8-6-14)26-16-9-11-21-17(13-16)18-10-12-22-24(18)4/h5-13H,1-4H3,(H,23,25). The van der Waals surface area contributed by atoms with Gasteiger partial charge in [-0.3, -0.25) is 15.0 Å². The number of hydrogen-bond donors (Lipinski definition) is 1. The van der Waals surface area contributed by atoms with Gasteiger partial charge in [-0.1, -0.05) is 0 Å². The predicted molar refractivity (Wildman–Crippen MR) is 103 cm³/mol. The summed E-state index contributed by atoms with van der Waals surface area (Å²) in [5.74, 6) is 1.31. The van der Waals surface area contributed by atoms with Gasteiger partial charge in [-0.25, -0.2) is 4.79 Å². The molecule has 0 aliphatic heterocycles. The van der Waals surface area contributed by atoms with E-state index in [0.717, 1.165) is 11.4 Å². The summed E-state index contributed by atoms with van der Waals surface area (Å²) in [4.78, 5) is 16.2. The number of ether oxygens (including phenoxy) is 2. The van der Waals surface area contributed by atoms with Gasteiger partial charge < -0.3 is 9.47 Å². The van der Waals surface area contributed by atoms with Gasteiger partial charge in [-0.15, -0.1) is 0 Å². The van der Waals surface area contributed by atoms with Crippen molar-refractivity contribution in [3.05, 3.63) is 54.9 Å². The monoisotopic (exact) mass is 366 g/mol. The summed E-state index contributed by atoms with van der Waals surface area (Å²) in [7, 11) is 1.86. The van der Waals surface area contributed by atoms with Crippen LogP contribution in [0.5, 0.6) is 11.5 Å². The van der Waals surface area contributed by atoms with Crippen LogP contribution in [0.15, 0.2) is 54.9 Å². The van der Waals surface area contributed by atoms with Crippen LogP contribution in [0, 0.1) is 0 Å². The number of carbonyl (C=O) groups excluding carboxylic acids is 1. The summed E-state index contributed by atoms with van der Waals surface area (Å²) in [6, 6.07) is 12.6. The largest absolute Gasteiger partial charge is 0.457 e. The molecule has 27 heavy (non-hydrogen) atoms. The van der Waals surface area contributed by atoms with Gasteiger partial charge in [0.15, 0.2) is 0 Å². The van der Waals surface area contributed by atoms with Crippen molar-refractivity contribution in [3.8, 4) is 22.9 Å². The lowest BCUT2D eigenvalue weighted by molar-refractivity contribution is 0.0636. The van der Waals surface area contributed by atoms with Crippen LogP contribution in [0.25, 0.3) is 11.4 Å². The van der Waals surface area contributed by atoms with Crippen LogP contribution in [-0.2, 0) is 11.8 Å². The summed E-state index contributed by atoms with van der Waals surface area (Å²) in [6.45, 7) is 5.45. The highest BCUT2D eigenvalue weighted by Gasteiger charge is 2.16. The van der Waals surface area contributed by atoms with Crippen LogP contribution in [0.2, 0.25) is 0 Å². The van der Waals surface area contributed by atoms with Crippen molar-refractivity contribution in [3.63, 3.8) is 0 Å². The average molecular weight is 366 g/mol. The van der Waals surface area contributed by atoms with E-state index in [1.165, 1.54) is 0 Å². The van der Waals surface area contributed by atoms with Crippen LogP contribution < -0.4 is 10.1 Å². The zero-order chi connectivity index (χ0) is 19.4. The number of amides is 1. The third kappa shape index (κ3) is 5.07. The highest BCUT2D eigenvalue weighted by molar-refractivity contribution is 5.84. The Labute approximate surface area is 158 Å². The fourth-order valence-corrected chi connectivity index (χ4v) is 2.40. The summed E-state index contributed by atoms with van der Waals surface area (Å²) in [5, 5.41) is 6.84. The Hall–Kier alpha value is -3.35. The molecule has 140 valence electrons. The maximum Gasteiger partial charge on any atom is 0.412 e. The first-order chi connectivity index (χ1) is 12.8. The molecule has 2 heterocycles. The Morgan fingerprint density at radius 2 is 1.78 bits per heavy atom. The van der Waals surface area contributed by atoms with Crippen molar-refractivity contribution < 1.29 is 14.3 Å². The number of aromatic nitrogens is 3. The van der Waals surface area contributed by atoms with Gasteiger partial charge in [0.1, 0.15) is 17.1 Å². The van der Waals surface area contributed by atoms with E-state index in [-0.39, 0.29) is 0 Å². The highest BCUT2D eigenvalue weighted by atomic mass is 16.6.